The van der Waals surface area contributed by atoms with E-state index in [1.165, 1.54) is 5.56 Å². The van der Waals surface area contributed by atoms with E-state index in [1.807, 2.05) is 31.2 Å². The summed E-state index contributed by atoms with van der Waals surface area (Å²) in [6.45, 7) is 8.37. The van der Waals surface area contributed by atoms with Gasteiger partial charge in [0.1, 0.15) is 6.54 Å². The SMILES string of the molecule is CC(C)Cc1ccc([C@@H](C)N[C@H](C)C(=O)N2CC(=O)Nc3ccccc32)cc1. The molecule has 0 aromatic heterocycles. The molecule has 148 valence electrons. The highest BCUT2D eigenvalue weighted by Gasteiger charge is 2.30. The molecule has 3 rings (SSSR count). The van der Waals surface area contributed by atoms with Gasteiger partial charge >= 0.3 is 0 Å². The fraction of sp³-hybridized carbons (Fsp3) is 0.391. The number of amides is 2. The molecule has 5 nitrogen and oxygen atoms in total. The fourth-order valence-electron chi connectivity index (χ4n) is 3.62. The van der Waals surface area contributed by atoms with E-state index in [1.54, 1.807) is 4.90 Å². The smallest absolute Gasteiger partial charge is 0.244 e. The van der Waals surface area contributed by atoms with E-state index in [9.17, 15) is 9.59 Å². The molecule has 0 unspecified atom stereocenters. The number of rotatable bonds is 6. The van der Waals surface area contributed by atoms with Crippen LogP contribution >= 0.6 is 0 Å². The van der Waals surface area contributed by atoms with E-state index in [4.69, 9.17) is 0 Å². The first kappa shape index (κ1) is 20.1. The van der Waals surface area contributed by atoms with E-state index in [-0.39, 0.29) is 24.4 Å². The van der Waals surface area contributed by atoms with Crippen LogP contribution in [-0.4, -0.2) is 24.4 Å². The van der Waals surface area contributed by atoms with Crippen molar-refractivity contribution in [3.63, 3.8) is 0 Å². The van der Waals surface area contributed by atoms with Crippen molar-refractivity contribution in [1.29, 1.82) is 0 Å². The molecule has 1 heterocycles. The van der Waals surface area contributed by atoms with Gasteiger partial charge in [-0.2, -0.15) is 0 Å². The molecule has 0 aliphatic carbocycles. The Balaban J connectivity index is 1.68. The molecule has 0 saturated heterocycles. The minimum atomic E-state index is -0.413. The lowest BCUT2D eigenvalue weighted by Crippen LogP contribution is -2.50. The molecular weight excluding hydrogens is 350 g/mol. The second-order valence-electron chi connectivity index (χ2n) is 7.94. The summed E-state index contributed by atoms with van der Waals surface area (Å²) in [5, 5.41) is 6.19. The predicted octanol–water partition coefficient (Wildman–Crippen LogP) is 3.91. The topological polar surface area (TPSA) is 61.4 Å². The third-order valence-electron chi connectivity index (χ3n) is 5.03. The highest BCUT2D eigenvalue weighted by Crippen LogP contribution is 2.29. The van der Waals surface area contributed by atoms with Crippen LogP contribution < -0.4 is 15.5 Å². The van der Waals surface area contributed by atoms with Crippen LogP contribution in [-0.2, 0) is 16.0 Å². The molecule has 1 aliphatic heterocycles. The molecule has 2 atom stereocenters. The summed E-state index contributed by atoms with van der Waals surface area (Å²) < 4.78 is 0. The van der Waals surface area contributed by atoms with Gasteiger partial charge in [0, 0.05) is 6.04 Å². The lowest BCUT2D eigenvalue weighted by atomic mass is 9.99. The van der Waals surface area contributed by atoms with Gasteiger partial charge in [0.05, 0.1) is 17.4 Å². The van der Waals surface area contributed by atoms with Gasteiger partial charge in [-0.3, -0.25) is 19.8 Å². The molecule has 2 aromatic carbocycles. The van der Waals surface area contributed by atoms with Crippen LogP contribution in [0.25, 0.3) is 0 Å². The van der Waals surface area contributed by atoms with Gasteiger partial charge in [-0.1, -0.05) is 50.2 Å². The molecule has 28 heavy (non-hydrogen) atoms. The Bertz CT molecular complexity index is 845. The van der Waals surface area contributed by atoms with E-state index in [0.29, 0.717) is 11.6 Å². The Labute approximate surface area is 167 Å². The van der Waals surface area contributed by atoms with Crippen molar-refractivity contribution in [2.24, 2.45) is 5.92 Å². The Morgan fingerprint density at radius 3 is 2.43 bits per heavy atom. The predicted molar refractivity (Wildman–Crippen MR) is 113 cm³/mol. The largest absolute Gasteiger partial charge is 0.323 e. The van der Waals surface area contributed by atoms with E-state index in [0.717, 1.165) is 17.7 Å². The van der Waals surface area contributed by atoms with Crippen LogP contribution in [0.2, 0.25) is 0 Å². The van der Waals surface area contributed by atoms with Gasteiger partial charge in [-0.15, -0.1) is 0 Å². The van der Waals surface area contributed by atoms with Gasteiger partial charge < -0.3 is 5.32 Å². The molecule has 1 aliphatic rings. The zero-order valence-electron chi connectivity index (χ0n) is 17.0. The number of anilines is 2. The van der Waals surface area contributed by atoms with Crippen LogP contribution in [0, 0.1) is 5.92 Å². The van der Waals surface area contributed by atoms with Gasteiger partial charge in [0.15, 0.2) is 0 Å². The van der Waals surface area contributed by atoms with E-state index in [2.05, 4.69) is 55.7 Å². The quantitative estimate of drug-likeness (QED) is 0.800. The molecule has 2 N–H and O–H groups in total. The summed E-state index contributed by atoms with van der Waals surface area (Å²) in [4.78, 5) is 26.6. The molecule has 0 radical (unpaired) electrons. The maximum Gasteiger partial charge on any atom is 0.244 e. The Hall–Kier alpha value is -2.66. The Morgan fingerprint density at radius 2 is 1.75 bits per heavy atom. The summed E-state index contributed by atoms with van der Waals surface area (Å²) in [5.41, 5.74) is 3.88. The highest BCUT2D eigenvalue weighted by molar-refractivity contribution is 6.11. The maximum atomic E-state index is 13.0. The minimum Gasteiger partial charge on any atom is -0.323 e. The summed E-state index contributed by atoms with van der Waals surface area (Å²) in [5.74, 6) is 0.349. The van der Waals surface area contributed by atoms with Gasteiger partial charge in [-0.05, 0) is 49.4 Å². The standard InChI is InChI=1S/C23H29N3O2/c1-15(2)13-18-9-11-19(12-10-18)16(3)24-17(4)23(28)26-14-22(27)25-20-7-5-6-8-21(20)26/h5-12,15-17,24H,13-14H2,1-4H3,(H,25,27)/t16-,17-/m1/s1. The van der Waals surface area contributed by atoms with Crippen LogP contribution in [0.3, 0.4) is 0 Å². The monoisotopic (exact) mass is 379 g/mol. The summed E-state index contributed by atoms with van der Waals surface area (Å²) >= 11 is 0. The average Bonchev–Trinajstić information content (AvgIpc) is 2.66. The van der Waals surface area contributed by atoms with Crippen molar-refractivity contribution in [3.8, 4) is 0 Å². The van der Waals surface area contributed by atoms with Gasteiger partial charge in [0.25, 0.3) is 0 Å². The molecule has 0 saturated carbocycles. The zero-order chi connectivity index (χ0) is 20.3. The molecular formula is C23H29N3O2. The number of hydrogen-bond acceptors (Lipinski definition) is 3. The molecule has 0 spiro atoms. The van der Waals surface area contributed by atoms with Crippen LogP contribution in [0.4, 0.5) is 11.4 Å². The molecule has 0 bridgehead atoms. The van der Waals surface area contributed by atoms with Crippen molar-refractivity contribution < 1.29 is 9.59 Å². The third kappa shape index (κ3) is 4.60. The highest BCUT2D eigenvalue weighted by atomic mass is 16.2. The number of fused-ring (bicyclic) bond motifs is 1. The van der Waals surface area contributed by atoms with Crippen molar-refractivity contribution in [3.05, 3.63) is 59.7 Å². The van der Waals surface area contributed by atoms with Crippen LogP contribution in [0.5, 0.6) is 0 Å². The minimum absolute atomic E-state index is 0.0286. The number of carbonyl (C=O) groups is 2. The normalized spacial score (nSPS) is 15.8. The van der Waals surface area contributed by atoms with E-state index < -0.39 is 6.04 Å². The van der Waals surface area contributed by atoms with Crippen LogP contribution in [0.1, 0.15) is 44.9 Å². The summed E-state index contributed by atoms with van der Waals surface area (Å²) in [6, 6.07) is 15.6. The van der Waals surface area contributed by atoms with Crippen LogP contribution in [0.15, 0.2) is 48.5 Å². The second-order valence-corrected chi connectivity index (χ2v) is 7.94. The number of hydrogen-bond donors (Lipinski definition) is 2. The first-order valence-corrected chi connectivity index (χ1v) is 9.90. The van der Waals surface area contributed by atoms with Crippen molar-refractivity contribution in [2.45, 2.75) is 46.2 Å². The summed E-state index contributed by atoms with van der Waals surface area (Å²) in [6.07, 6.45) is 1.06. The zero-order valence-corrected chi connectivity index (χ0v) is 17.0. The summed E-state index contributed by atoms with van der Waals surface area (Å²) in [7, 11) is 0. The Morgan fingerprint density at radius 1 is 1.07 bits per heavy atom. The molecule has 2 aromatic rings. The average molecular weight is 380 g/mol. The molecule has 5 heteroatoms. The van der Waals surface area contributed by atoms with Gasteiger partial charge in [-0.25, -0.2) is 0 Å². The number of benzene rings is 2. The first-order chi connectivity index (χ1) is 13.3. The number of carbonyl (C=O) groups excluding carboxylic acids is 2. The third-order valence-corrected chi connectivity index (χ3v) is 5.03. The maximum absolute atomic E-state index is 13.0. The van der Waals surface area contributed by atoms with Crippen molar-refractivity contribution in [2.75, 3.05) is 16.8 Å². The van der Waals surface area contributed by atoms with Gasteiger partial charge in [0.2, 0.25) is 11.8 Å². The first-order valence-electron chi connectivity index (χ1n) is 9.90. The fourth-order valence-corrected chi connectivity index (χ4v) is 3.62. The lowest BCUT2D eigenvalue weighted by Gasteiger charge is -2.32. The lowest BCUT2D eigenvalue weighted by molar-refractivity contribution is -0.123. The number of nitrogens with one attached hydrogen (secondary N) is 2. The molecule has 0 fully saturated rings. The number of nitrogens with zero attached hydrogens (tertiary/aromatic N) is 1. The molecule has 2 amide bonds. The van der Waals surface area contributed by atoms with Crippen molar-refractivity contribution in [1.82, 2.24) is 5.32 Å². The van der Waals surface area contributed by atoms with E-state index >= 15 is 0 Å². The number of para-hydroxylation sites is 2. The second kappa shape index (κ2) is 8.57. The Kier molecular flexibility index (Phi) is 6.15. The van der Waals surface area contributed by atoms with Crippen molar-refractivity contribution >= 4 is 23.2 Å².